The fourth-order valence-corrected chi connectivity index (χ4v) is 2.85. The standard InChI is InChI=1S/C13H22O2S/c1-11(2)7-13(9-14,10-15)5-3-12-4-6-16-8-12/h4,6,8,11,14-15H,3,5,7,9-10H2,1-2H3. The zero-order valence-corrected chi connectivity index (χ0v) is 11.0. The van der Waals surface area contributed by atoms with E-state index in [1.165, 1.54) is 5.56 Å². The quantitative estimate of drug-likeness (QED) is 0.772. The first-order valence-electron chi connectivity index (χ1n) is 5.85. The maximum absolute atomic E-state index is 9.50. The third kappa shape index (κ3) is 3.89. The van der Waals surface area contributed by atoms with Crippen LogP contribution in [0.3, 0.4) is 0 Å². The van der Waals surface area contributed by atoms with Crippen LogP contribution in [0.1, 0.15) is 32.3 Å². The second kappa shape index (κ2) is 6.38. The minimum Gasteiger partial charge on any atom is -0.396 e. The van der Waals surface area contributed by atoms with Crippen LogP contribution in [0.2, 0.25) is 0 Å². The number of rotatable bonds is 7. The maximum Gasteiger partial charge on any atom is 0.0509 e. The normalized spacial score (nSPS) is 12.3. The second-order valence-electron chi connectivity index (χ2n) is 5.05. The molecule has 3 heteroatoms. The Kier molecular flexibility index (Phi) is 5.46. The molecule has 0 saturated carbocycles. The monoisotopic (exact) mass is 242 g/mol. The van der Waals surface area contributed by atoms with E-state index >= 15 is 0 Å². The molecule has 0 aliphatic rings. The molecule has 0 unspecified atom stereocenters. The van der Waals surface area contributed by atoms with Gasteiger partial charge in [-0.05, 0) is 47.6 Å². The van der Waals surface area contributed by atoms with Crippen molar-refractivity contribution in [1.82, 2.24) is 0 Å². The van der Waals surface area contributed by atoms with Gasteiger partial charge in [-0.2, -0.15) is 11.3 Å². The minimum absolute atomic E-state index is 0.0752. The average molecular weight is 242 g/mol. The average Bonchev–Trinajstić information content (AvgIpc) is 2.77. The van der Waals surface area contributed by atoms with Crippen LogP contribution in [-0.2, 0) is 6.42 Å². The summed E-state index contributed by atoms with van der Waals surface area (Å²) in [6, 6.07) is 2.11. The first-order chi connectivity index (χ1) is 7.62. The van der Waals surface area contributed by atoms with Gasteiger partial charge in [0.1, 0.15) is 0 Å². The van der Waals surface area contributed by atoms with Crippen molar-refractivity contribution >= 4 is 11.3 Å². The van der Waals surface area contributed by atoms with E-state index in [4.69, 9.17) is 0 Å². The van der Waals surface area contributed by atoms with Crippen LogP contribution in [0.25, 0.3) is 0 Å². The van der Waals surface area contributed by atoms with Crippen molar-refractivity contribution < 1.29 is 10.2 Å². The predicted molar refractivity (Wildman–Crippen MR) is 68.7 cm³/mol. The lowest BCUT2D eigenvalue weighted by atomic mass is 9.77. The number of hydrogen-bond acceptors (Lipinski definition) is 3. The Morgan fingerprint density at radius 3 is 2.44 bits per heavy atom. The van der Waals surface area contributed by atoms with Crippen molar-refractivity contribution in [3.63, 3.8) is 0 Å². The molecule has 0 amide bonds. The lowest BCUT2D eigenvalue weighted by molar-refractivity contribution is 0.0299. The third-order valence-electron chi connectivity index (χ3n) is 3.04. The molecule has 2 N–H and O–H groups in total. The van der Waals surface area contributed by atoms with Crippen molar-refractivity contribution in [3.8, 4) is 0 Å². The summed E-state index contributed by atoms with van der Waals surface area (Å²) in [7, 11) is 0. The molecule has 0 atom stereocenters. The molecule has 1 heterocycles. The van der Waals surface area contributed by atoms with E-state index in [2.05, 4.69) is 30.7 Å². The topological polar surface area (TPSA) is 40.5 Å². The number of hydrogen-bond donors (Lipinski definition) is 2. The van der Waals surface area contributed by atoms with Crippen LogP contribution >= 0.6 is 11.3 Å². The summed E-state index contributed by atoms with van der Waals surface area (Å²) < 4.78 is 0. The SMILES string of the molecule is CC(C)CC(CO)(CO)CCc1ccsc1. The largest absolute Gasteiger partial charge is 0.396 e. The first kappa shape index (κ1) is 13.7. The number of aliphatic hydroxyl groups excluding tert-OH is 2. The van der Waals surface area contributed by atoms with Gasteiger partial charge in [-0.3, -0.25) is 0 Å². The van der Waals surface area contributed by atoms with E-state index in [0.29, 0.717) is 5.92 Å². The Hall–Kier alpha value is -0.380. The zero-order chi connectivity index (χ0) is 12.0. The van der Waals surface area contributed by atoms with Crippen molar-refractivity contribution in [2.24, 2.45) is 11.3 Å². The molecular formula is C13H22O2S. The van der Waals surface area contributed by atoms with Crippen molar-refractivity contribution in [2.45, 2.75) is 33.1 Å². The molecule has 16 heavy (non-hydrogen) atoms. The highest BCUT2D eigenvalue weighted by Gasteiger charge is 2.29. The van der Waals surface area contributed by atoms with E-state index < -0.39 is 0 Å². The van der Waals surface area contributed by atoms with Crippen molar-refractivity contribution in [1.29, 1.82) is 0 Å². The van der Waals surface area contributed by atoms with Crippen LogP contribution in [-0.4, -0.2) is 23.4 Å². The molecule has 92 valence electrons. The maximum atomic E-state index is 9.50. The highest BCUT2D eigenvalue weighted by Crippen LogP contribution is 2.31. The zero-order valence-electron chi connectivity index (χ0n) is 10.1. The summed E-state index contributed by atoms with van der Waals surface area (Å²) in [5.74, 6) is 0.502. The molecule has 0 spiro atoms. The van der Waals surface area contributed by atoms with Gasteiger partial charge in [0.25, 0.3) is 0 Å². The van der Waals surface area contributed by atoms with Gasteiger partial charge in [0.05, 0.1) is 13.2 Å². The third-order valence-corrected chi connectivity index (χ3v) is 3.77. The van der Waals surface area contributed by atoms with Crippen LogP contribution < -0.4 is 0 Å². The predicted octanol–water partition coefficient (Wildman–Crippen LogP) is 2.70. The molecule has 0 aliphatic carbocycles. The van der Waals surface area contributed by atoms with Crippen molar-refractivity contribution in [3.05, 3.63) is 22.4 Å². The van der Waals surface area contributed by atoms with Crippen LogP contribution in [0.4, 0.5) is 0 Å². The molecule has 0 fully saturated rings. The van der Waals surface area contributed by atoms with Gasteiger partial charge in [0.2, 0.25) is 0 Å². The molecule has 0 aromatic carbocycles. The molecular weight excluding hydrogens is 220 g/mol. The van der Waals surface area contributed by atoms with E-state index in [1.807, 2.05) is 0 Å². The summed E-state index contributed by atoms with van der Waals surface area (Å²) in [5, 5.41) is 23.2. The van der Waals surface area contributed by atoms with Crippen LogP contribution in [0.5, 0.6) is 0 Å². The van der Waals surface area contributed by atoms with Gasteiger partial charge in [0.15, 0.2) is 0 Å². The fourth-order valence-electron chi connectivity index (χ4n) is 2.15. The second-order valence-corrected chi connectivity index (χ2v) is 5.83. The van der Waals surface area contributed by atoms with Crippen LogP contribution in [0.15, 0.2) is 16.8 Å². The fraction of sp³-hybridized carbons (Fsp3) is 0.692. The Balaban J connectivity index is 2.56. The van der Waals surface area contributed by atoms with Crippen molar-refractivity contribution in [2.75, 3.05) is 13.2 Å². The highest BCUT2D eigenvalue weighted by molar-refractivity contribution is 7.07. The smallest absolute Gasteiger partial charge is 0.0509 e. The lowest BCUT2D eigenvalue weighted by Gasteiger charge is -2.31. The first-order valence-corrected chi connectivity index (χ1v) is 6.79. The Morgan fingerprint density at radius 1 is 1.31 bits per heavy atom. The number of thiophene rings is 1. The molecule has 0 bridgehead atoms. The van der Waals surface area contributed by atoms with E-state index in [0.717, 1.165) is 19.3 Å². The van der Waals surface area contributed by atoms with Gasteiger partial charge < -0.3 is 10.2 Å². The van der Waals surface area contributed by atoms with Gasteiger partial charge in [0, 0.05) is 5.41 Å². The number of aliphatic hydroxyl groups is 2. The van der Waals surface area contributed by atoms with E-state index in [9.17, 15) is 10.2 Å². The Labute approximate surface area is 102 Å². The molecule has 0 aliphatic heterocycles. The molecule has 0 radical (unpaired) electrons. The molecule has 2 nitrogen and oxygen atoms in total. The lowest BCUT2D eigenvalue weighted by Crippen LogP contribution is -2.32. The van der Waals surface area contributed by atoms with Gasteiger partial charge in [-0.1, -0.05) is 13.8 Å². The van der Waals surface area contributed by atoms with Gasteiger partial charge >= 0.3 is 0 Å². The highest BCUT2D eigenvalue weighted by atomic mass is 32.1. The molecule has 1 aromatic heterocycles. The van der Waals surface area contributed by atoms with E-state index in [1.54, 1.807) is 11.3 Å². The summed E-state index contributed by atoms with van der Waals surface area (Å²) in [6.45, 7) is 4.41. The summed E-state index contributed by atoms with van der Waals surface area (Å²) in [4.78, 5) is 0. The van der Waals surface area contributed by atoms with Gasteiger partial charge in [-0.25, -0.2) is 0 Å². The number of aryl methyl sites for hydroxylation is 1. The summed E-state index contributed by atoms with van der Waals surface area (Å²) >= 11 is 1.69. The molecule has 0 saturated heterocycles. The molecule has 1 aromatic rings. The Morgan fingerprint density at radius 2 is 2.00 bits per heavy atom. The molecule has 1 rings (SSSR count). The summed E-state index contributed by atoms with van der Waals surface area (Å²) in [6.07, 6.45) is 2.68. The van der Waals surface area contributed by atoms with E-state index in [-0.39, 0.29) is 18.6 Å². The summed E-state index contributed by atoms with van der Waals surface area (Å²) in [5.41, 5.74) is 0.996. The van der Waals surface area contributed by atoms with Crippen LogP contribution in [0, 0.1) is 11.3 Å². The van der Waals surface area contributed by atoms with Gasteiger partial charge in [-0.15, -0.1) is 0 Å². The Bertz CT molecular complexity index is 276. The minimum atomic E-state index is -0.309.